The molecule has 0 saturated heterocycles. The monoisotopic (exact) mass is 626 g/mol. The number of anilines is 1. The molecule has 2 heterocycles. The van der Waals surface area contributed by atoms with Crippen molar-refractivity contribution in [3.05, 3.63) is 75.1 Å². The summed E-state index contributed by atoms with van der Waals surface area (Å²) in [6, 6.07) is 12.4. The van der Waals surface area contributed by atoms with Crippen molar-refractivity contribution in [1.29, 1.82) is 0 Å². The van der Waals surface area contributed by atoms with Crippen LogP contribution in [-0.2, 0) is 29.0 Å². The first-order valence-electron chi connectivity index (χ1n) is 15.2. The second-order valence-corrected chi connectivity index (χ2v) is 11.5. The summed E-state index contributed by atoms with van der Waals surface area (Å²) in [5, 5.41) is 7.15. The maximum atomic E-state index is 13.7. The molecule has 0 unspecified atom stereocenters. The van der Waals surface area contributed by atoms with Crippen LogP contribution in [0.4, 0.5) is 5.69 Å². The van der Waals surface area contributed by atoms with Crippen molar-refractivity contribution in [2.45, 2.75) is 38.8 Å². The Morgan fingerprint density at radius 3 is 2.48 bits per heavy atom. The van der Waals surface area contributed by atoms with E-state index in [1.807, 2.05) is 30.3 Å². The normalized spacial score (nSPS) is 15.2. The van der Waals surface area contributed by atoms with Gasteiger partial charge in [0.05, 0.1) is 46.7 Å². The second kappa shape index (κ2) is 12.7. The first-order chi connectivity index (χ1) is 22.3. The molecule has 11 heteroatoms. The number of fused-ring (bicyclic) bond motifs is 6. The summed E-state index contributed by atoms with van der Waals surface area (Å²) in [5.74, 6) is 1.88. The van der Waals surface area contributed by atoms with E-state index in [-0.39, 0.29) is 29.5 Å². The van der Waals surface area contributed by atoms with Crippen molar-refractivity contribution in [2.75, 3.05) is 46.8 Å². The Balaban J connectivity index is 1.32. The van der Waals surface area contributed by atoms with E-state index < -0.39 is 6.04 Å². The van der Waals surface area contributed by atoms with Crippen molar-refractivity contribution in [3.8, 4) is 34.1 Å². The van der Waals surface area contributed by atoms with E-state index in [9.17, 15) is 14.4 Å². The molecule has 46 heavy (non-hydrogen) atoms. The number of benzene rings is 2. The van der Waals surface area contributed by atoms with Crippen LogP contribution in [0.15, 0.2) is 47.3 Å². The fraction of sp³-hybridized carbons (Fsp3) is 0.343. The fourth-order valence-corrected chi connectivity index (χ4v) is 6.67. The highest BCUT2D eigenvalue weighted by Crippen LogP contribution is 2.50. The molecule has 1 aromatic heterocycles. The van der Waals surface area contributed by atoms with Crippen LogP contribution in [0.3, 0.4) is 0 Å². The third-order valence-electron chi connectivity index (χ3n) is 8.88. The number of aromatic nitrogens is 1. The van der Waals surface area contributed by atoms with Crippen LogP contribution in [0.25, 0.3) is 22.0 Å². The smallest absolute Gasteiger partial charge is 0.242 e. The lowest BCUT2D eigenvalue weighted by atomic mass is 9.95. The van der Waals surface area contributed by atoms with Gasteiger partial charge in [-0.05, 0) is 65.9 Å². The van der Waals surface area contributed by atoms with Crippen LogP contribution in [0, 0.1) is 0 Å². The largest absolute Gasteiger partial charge is 0.497 e. The molecule has 6 rings (SSSR count). The molecule has 4 aromatic rings. The molecule has 0 spiro atoms. The first kappa shape index (κ1) is 30.8. The predicted molar refractivity (Wildman–Crippen MR) is 175 cm³/mol. The van der Waals surface area contributed by atoms with Gasteiger partial charge in [0.2, 0.25) is 23.0 Å². The number of rotatable bonds is 8. The quantitative estimate of drug-likeness (QED) is 0.263. The molecule has 3 N–H and O–H groups in total. The molecule has 1 aliphatic heterocycles. The summed E-state index contributed by atoms with van der Waals surface area (Å²) in [6.45, 7) is 2.44. The minimum Gasteiger partial charge on any atom is -0.497 e. The van der Waals surface area contributed by atoms with Gasteiger partial charge in [-0.3, -0.25) is 14.4 Å². The van der Waals surface area contributed by atoms with Gasteiger partial charge in [0.25, 0.3) is 0 Å². The zero-order valence-corrected chi connectivity index (χ0v) is 26.7. The van der Waals surface area contributed by atoms with Gasteiger partial charge in [-0.2, -0.15) is 0 Å². The lowest BCUT2D eigenvalue weighted by Gasteiger charge is -2.27. The van der Waals surface area contributed by atoms with Crippen LogP contribution in [0.5, 0.6) is 23.0 Å². The Bertz CT molecular complexity index is 1900. The van der Waals surface area contributed by atoms with E-state index in [1.54, 1.807) is 45.5 Å². The summed E-state index contributed by atoms with van der Waals surface area (Å²) in [6.07, 6.45) is 1.86. The zero-order chi connectivity index (χ0) is 32.5. The average Bonchev–Trinajstić information content (AvgIpc) is 3.26. The fourth-order valence-electron chi connectivity index (χ4n) is 6.67. The number of amides is 2. The van der Waals surface area contributed by atoms with Gasteiger partial charge < -0.3 is 39.5 Å². The minimum absolute atomic E-state index is 0.0506. The zero-order valence-electron chi connectivity index (χ0n) is 26.7. The molecular formula is C35H38N4O7. The van der Waals surface area contributed by atoms with E-state index >= 15 is 0 Å². The molecule has 1 aliphatic carbocycles. The Kier molecular flexibility index (Phi) is 8.48. The molecule has 2 aliphatic rings. The molecule has 2 amide bonds. The number of ether oxygens (including phenoxy) is 4. The van der Waals surface area contributed by atoms with E-state index in [0.717, 1.165) is 44.6 Å². The molecule has 240 valence electrons. The van der Waals surface area contributed by atoms with Crippen LogP contribution in [0.1, 0.15) is 41.8 Å². The number of H-pyrrole nitrogens is 1. The maximum absolute atomic E-state index is 13.7. The third-order valence-corrected chi connectivity index (χ3v) is 8.88. The van der Waals surface area contributed by atoms with Gasteiger partial charge in [-0.1, -0.05) is 6.07 Å². The first-order valence-corrected chi connectivity index (χ1v) is 15.2. The summed E-state index contributed by atoms with van der Waals surface area (Å²) in [7, 11) is 6.31. The molecule has 1 atom stereocenters. The lowest BCUT2D eigenvalue weighted by Crippen LogP contribution is -2.39. The van der Waals surface area contributed by atoms with E-state index in [0.29, 0.717) is 55.2 Å². The van der Waals surface area contributed by atoms with Crippen molar-refractivity contribution in [2.24, 2.45) is 0 Å². The summed E-state index contributed by atoms with van der Waals surface area (Å²) in [4.78, 5) is 44.6. The van der Waals surface area contributed by atoms with Crippen molar-refractivity contribution >= 4 is 28.4 Å². The molecule has 11 nitrogen and oxygen atoms in total. The average molecular weight is 627 g/mol. The van der Waals surface area contributed by atoms with Gasteiger partial charge in [-0.15, -0.1) is 0 Å². The summed E-state index contributed by atoms with van der Waals surface area (Å²) in [5.41, 5.74) is 6.27. The highest BCUT2D eigenvalue weighted by molar-refractivity contribution is 5.88. The Hall–Kier alpha value is -5.19. The van der Waals surface area contributed by atoms with Crippen molar-refractivity contribution < 1.29 is 28.5 Å². The molecular weight excluding hydrogens is 588 g/mol. The van der Waals surface area contributed by atoms with Crippen LogP contribution in [0.2, 0.25) is 0 Å². The number of hydrogen-bond donors (Lipinski definition) is 3. The van der Waals surface area contributed by atoms with Crippen molar-refractivity contribution in [1.82, 2.24) is 15.2 Å². The van der Waals surface area contributed by atoms with Gasteiger partial charge >= 0.3 is 0 Å². The number of hydrogen-bond acceptors (Lipinski definition) is 8. The van der Waals surface area contributed by atoms with Crippen LogP contribution in [-0.4, -0.2) is 63.2 Å². The van der Waals surface area contributed by atoms with E-state index in [4.69, 9.17) is 18.9 Å². The van der Waals surface area contributed by atoms with Gasteiger partial charge in [0.15, 0.2) is 11.5 Å². The second-order valence-electron chi connectivity index (χ2n) is 11.5. The predicted octanol–water partition coefficient (Wildman–Crippen LogP) is 4.35. The topological polar surface area (TPSA) is 131 Å². The highest BCUT2D eigenvalue weighted by Gasteiger charge is 2.30. The number of nitrogens with zero attached hydrogens (tertiary/aromatic N) is 1. The van der Waals surface area contributed by atoms with Crippen LogP contribution < -0.4 is 35.0 Å². The Morgan fingerprint density at radius 2 is 1.76 bits per heavy atom. The Morgan fingerprint density at radius 1 is 0.957 bits per heavy atom. The van der Waals surface area contributed by atoms with Crippen LogP contribution >= 0.6 is 0 Å². The molecule has 0 fully saturated rings. The molecule has 0 saturated carbocycles. The van der Waals surface area contributed by atoms with Gasteiger partial charge in [0, 0.05) is 54.2 Å². The molecule has 0 radical (unpaired) electrons. The third kappa shape index (κ3) is 5.57. The number of aryl methyl sites for hydroxylation is 1. The van der Waals surface area contributed by atoms with Crippen molar-refractivity contribution in [3.63, 3.8) is 0 Å². The standard InChI is InChI=1S/C35H38N4O7/c1-19(40)37-26-9-6-20-14-31(44-3)34(45-4)35(46-5)33(20)22-8-11-29(30(41)16-24(22)26)36-17-32(42)39-13-12-28-25(18-39)23-15-21(43-2)7-10-27(23)38-28/h7-8,10-11,14-16,26,38H,6,9,12-13,17-18H2,1-5H3,(H,36,41)(H,37,40)/t26-/m1/s1. The minimum atomic E-state index is -0.423. The maximum Gasteiger partial charge on any atom is 0.242 e. The number of carbonyl (C=O) groups excluding carboxylic acids is 2. The molecule has 0 bridgehead atoms. The lowest BCUT2D eigenvalue weighted by molar-refractivity contribution is -0.130. The van der Waals surface area contributed by atoms with Gasteiger partial charge in [0.1, 0.15) is 5.75 Å². The number of carbonyl (C=O) groups is 2. The summed E-state index contributed by atoms with van der Waals surface area (Å²) >= 11 is 0. The SMILES string of the molecule is COc1ccc2[nH]c3c(c2c1)CN(C(=O)CNc1ccc2c(cc1=O)[C@H](NC(C)=O)CCc1cc(OC)c(OC)c(OC)c1-2)CC3. The summed E-state index contributed by atoms with van der Waals surface area (Å²) < 4.78 is 22.5. The molecule has 3 aromatic carbocycles. The Labute approximate surface area is 266 Å². The van der Waals surface area contributed by atoms with E-state index in [1.165, 1.54) is 6.92 Å². The van der Waals surface area contributed by atoms with E-state index in [2.05, 4.69) is 15.6 Å². The number of methoxy groups -OCH3 is 4. The number of nitrogens with one attached hydrogen (secondary N) is 3. The number of aromatic amines is 1. The van der Waals surface area contributed by atoms with Gasteiger partial charge in [-0.25, -0.2) is 0 Å². The highest BCUT2D eigenvalue weighted by atomic mass is 16.5.